The quantitative estimate of drug-likeness (QED) is 0.0546. The van der Waals surface area contributed by atoms with Gasteiger partial charge in [0.25, 0.3) is 11.8 Å². The monoisotopic (exact) mass is 502 g/mol. The van der Waals surface area contributed by atoms with E-state index in [0.29, 0.717) is 13.2 Å². The van der Waals surface area contributed by atoms with Crippen LogP contribution in [0.3, 0.4) is 0 Å². The molecule has 0 fully saturated rings. The molecule has 8 nitrogen and oxygen atoms in total. The van der Waals surface area contributed by atoms with Crippen molar-refractivity contribution in [1.29, 1.82) is 0 Å². The fourth-order valence-corrected chi connectivity index (χ4v) is 3.87. The second-order valence-electron chi connectivity index (χ2n) is 8.89. The van der Waals surface area contributed by atoms with Crippen LogP contribution < -0.4 is 32.0 Å². The molecule has 0 aliphatic rings. The summed E-state index contributed by atoms with van der Waals surface area (Å²) in [5, 5.41) is 0. The maximum Gasteiger partial charge on any atom is 0.269 e. The number of nitrogens with two attached hydrogens (primary N) is 2. The van der Waals surface area contributed by atoms with E-state index in [9.17, 15) is 9.59 Å². The Labute approximate surface area is 216 Å². The average Bonchev–Trinajstić information content (AvgIpc) is 2.90. The summed E-state index contributed by atoms with van der Waals surface area (Å²) in [6.45, 7) is 8.33. The molecule has 0 aliphatic heterocycles. The smallest absolute Gasteiger partial charge is 0.269 e. The molecule has 0 saturated carbocycles. The van der Waals surface area contributed by atoms with Crippen LogP contribution >= 0.6 is 0 Å². The Bertz CT molecular complexity index is 732. The zero-order valence-corrected chi connectivity index (χ0v) is 21.8. The maximum absolute atomic E-state index is 12.4. The molecule has 0 aliphatic carbocycles. The first-order valence-corrected chi connectivity index (χ1v) is 13.3. The molecule has 202 valence electrons. The Morgan fingerprint density at radius 2 is 0.972 bits per heavy atom. The normalized spacial score (nSPS) is 10.5. The number of benzene rings is 1. The highest BCUT2D eigenvalue weighted by molar-refractivity contribution is 6.02. The molecule has 0 spiro atoms. The van der Waals surface area contributed by atoms with Crippen LogP contribution in [0.25, 0.3) is 0 Å². The number of nitrogen functional groups attached to an aromatic ring is 2. The van der Waals surface area contributed by atoms with E-state index in [2.05, 4.69) is 24.0 Å². The van der Waals surface area contributed by atoms with Crippen LogP contribution in [-0.2, 0) is 0 Å². The van der Waals surface area contributed by atoms with Gasteiger partial charge in [-0.25, -0.2) is 11.7 Å². The predicted molar refractivity (Wildman–Crippen MR) is 146 cm³/mol. The number of carbonyl (C=O) groups excluding carboxylic acids is 2. The van der Waals surface area contributed by atoms with Gasteiger partial charge in [-0.05, 0) is 50.7 Å². The van der Waals surface area contributed by atoms with E-state index < -0.39 is 11.8 Å². The van der Waals surface area contributed by atoms with Crippen LogP contribution in [0.15, 0.2) is 37.4 Å². The number of nitrogens with one attached hydrogen (secondary N) is 2. The SMILES string of the molecule is C=CCCCCCCCCOc1cc(C(=O)NN)c(OCCCCCCCCC=C)cc1C(=O)NN. The predicted octanol–water partition coefficient (Wildman–Crippen LogP) is 5.48. The van der Waals surface area contributed by atoms with Gasteiger partial charge in [0.05, 0.1) is 24.3 Å². The van der Waals surface area contributed by atoms with Gasteiger partial charge in [-0.15, -0.1) is 13.2 Å². The second-order valence-corrected chi connectivity index (χ2v) is 8.89. The van der Waals surface area contributed by atoms with Crippen LogP contribution in [0.2, 0.25) is 0 Å². The lowest BCUT2D eigenvalue weighted by atomic mass is 10.1. The molecular formula is C28H46N4O4. The minimum Gasteiger partial charge on any atom is -0.493 e. The van der Waals surface area contributed by atoms with Gasteiger partial charge in [-0.1, -0.05) is 63.5 Å². The molecule has 0 aromatic heterocycles. The topological polar surface area (TPSA) is 129 Å². The third-order valence-electron chi connectivity index (χ3n) is 5.95. The van der Waals surface area contributed by atoms with Crippen LogP contribution in [0, 0.1) is 0 Å². The van der Waals surface area contributed by atoms with E-state index in [0.717, 1.165) is 51.4 Å². The van der Waals surface area contributed by atoms with Crippen molar-refractivity contribution in [3.63, 3.8) is 0 Å². The lowest BCUT2D eigenvalue weighted by Gasteiger charge is -2.16. The van der Waals surface area contributed by atoms with Crippen LogP contribution in [-0.4, -0.2) is 25.0 Å². The summed E-state index contributed by atoms with van der Waals surface area (Å²) < 4.78 is 11.8. The third-order valence-corrected chi connectivity index (χ3v) is 5.95. The Hall–Kier alpha value is -2.84. The van der Waals surface area contributed by atoms with Crippen molar-refractivity contribution >= 4 is 11.8 Å². The molecule has 2 amide bonds. The molecule has 8 heteroatoms. The summed E-state index contributed by atoms with van der Waals surface area (Å²) in [5.74, 6) is 10.3. The second kappa shape index (κ2) is 20.4. The van der Waals surface area contributed by atoms with Gasteiger partial charge in [0, 0.05) is 0 Å². The maximum atomic E-state index is 12.4. The van der Waals surface area contributed by atoms with E-state index in [1.807, 2.05) is 12.2 Å². The molecule has 0 bridgehead atoms. The standard InChI is InChI=1S/C28H46N4O4/c1-3-5-7-9-11-13-15-17-19-35-25-21-24(28(34)32-30)26(22-23(25)27(33)31-29)36-20-18-16-14-12-10-8-6-4-2/h3-4,21-22H,1-2,5-20,29-30H2,(H,31,33)(H,32,34). The van der Waals surface area contributed by atoms with Crippen LogP contribution in [0.5, 0.6) is 11.5 Å². The van der Waals surface area contributed by atoms with Gasteiger partial charge in [0.15, 0.2) is 0 Å². The molecule has 0 atom stereocenters. The minimum atomic E-state index is -0.517. The van der Waals surface area contributed by atoms with E-state index in [-0.39, 0.29) is 22.6 Å². The molecule has 0 unspecified atom stereocenters. The first-order valence-electron chi connectivity index (χ1n) is 13.3. The number of hydrazine groups is 2. The van der Waals surface area contributed by atoms with Crippen molar-refractivity contribution in [1.82, 2.24) is 10.9 Å². The Balaban J connectivity index is 2.69. The molecule has 36 heavy (non-hydrogen) atoms. The van der Waals surface area contributed by atoms with Crippen LogP contribution in [0.4, 0.5) is 0 Å². The van der Waals surface area contributed by atoms with Gasteiger partial charge in [0.2, 0.25) is 0 Å². The molecule has 1 aromatic rings. The Morgan fingerprint density at radius 1 is 0.639 bits per heavy atom. The van der Waals surface area contributed by atoms with Gasteiger partial charge in [0.1, 0.15) is 11.5 Å². The highest BCUT2D eigenvalue weighted by atomic mass is 16.5. The molecule has 1 rings (SSSR count). The van der Waals surface area contributed by atoms with Crippen molar-refractivity contribution < 1.29 is 19.1 Å². The lowest BCUT2D eigenvalue weighted by Crippen LogP contribution is -2.32. The number of ether oxygens (including phenoxy) is 2. The fraction of sp³-hybridized carbons (Fsp3) is 0.571. The molecular weight excluding hydrogens is 456 g/mol. The number of unbranched alkanes of at least 4 members (excludes halogenated alkanes) is 12. The van der Waals surface area contributed by atoms with Crippen molar-refractivity contribution in [2.75, 3.05) is 13.2 Å². The van der Waals surface area contributed by atoms with Crippen molar-refractivity contribution in [3.05, 3.63) is 48.6 Å². The number of rotatable bonds is 22. The average molecular weight is 503 g/mol. The Kier molecular flexibility index (Phi) is 17.6. The largest absolute Gasteiger partial charge is 0.493 e. The summed E-state index contributed by atoms with van der Waals surface area (Å²) in [4.78, 5) is 24.8. The van der Waals surface area contributed by atoms with Crippen molar-refractivity contribution in [3.8, 4) is 11.5 Å². The summed E-state index contributed by atoms with van der Waals surface area (Å²) in [6, 6.07) is 2.99. The van der Waals surface area contributed by atoms with Gasteiger partial charge in [-0.2, -0.15) is 0 Å². The van der Waals surface area contributed by atoms with Crippen molar-refractivity contribution in [2.45, 2.75) is 89.9 Å². The Morgan fingerprint density at radius 3 is 1.31 bits per heavy atom. The summed E-state index contributed by atoms with van der Waals surface area (Å²) in [7, 11) is 0. The first-order chi connectivity index (χ1) is 17.6. The number of carbonyl (C=O) groups is 2. The molecule has 0 radical (unpaired) electrons. The lowest BCUT2D eigenvalue weighted by molar-refractivity contribution is 0.0934. The highest BCUT2D eigenvalue weighted by Crippen LogP contribution is 2.30. The third kappa shape index (κ3) is 12.7. The number of allylic oxidation sites excluding steroid dienone is 2. The zero-order chi connectivity index (χ0) is 26.4. The van der Waals surface area contributed by atoms with E-state index in [4.69, 9.17) is 21.2 Å². The minimum absolute atomic E-state index is 0.215. The molecule has 6 N–H and O–H groups in total. The first kappa shape index (κ1) is 31.2. The number of hydrogen-bond donors (Lipinski definition) is 4. The van der Waals surface area contributed by atoms with Crippen LogP contribution in [0.1, 0.15) is 111 Å². The highest BCUT2D eigenvalue weighted by Gasteiger charge is 2.21. The van der Waals surface area contributed by atoms with Gasteiger partial charge < -0.3 is 9.47 Å². The summed E-state index contributed by atoms with van der Waals surface area (Å²) >= 11 is 0. The van der Waals surface area contributed by atoms with Gasteiger partial charge in [-0.3, -0.25) is 20.4 Å². The van der Waals surface area contributed by atoms with Gasteiger partial charge >= 0.3 is 0 Å². The molecule has 1 aromatic carbocycles. The summed E-state index contributed by atoms with van der Waals surface area (Å²) in [5.41, 5.74) is 4.71. The number of amides is 2. The van der Waals surface area contributed by atoms with E-state index >= 15 is 0 Å². The van der Waals surface area contributed by atoms with E-state index in [1.54, 1.807) is 0 Å². The molecule has 0 saturated heterocycles. The molecule has 0 heterocycles. The fourth-order valence-electron chi connectivity index (χ4n) is 3.87. The summed E-state index contributed by atoms with van der Waals surface area (Å²) in [6.07, 6.45) is 19.1. The number of hydrogen-bond acceptors (Lipinski definition) is 6. The van der Waals surface area contributed by atoms with Crippen molar-refractivity contribution in [2.24, 2.45) is 11.7 Å². The zero-order valence-electron chi connectivity index (χ0n) is 21.8. The van der Waals surface area contributed by atoms with E-state index in [1.165, 1.54) is 50.7 Å².